The highest BCUT2D eigenvalue weighted by molar-refractivity contribution is 5.85. The zero-order valence-corrected chi connectivity index (χ0v) is 21.5. The second kappa shape index (κ2) is 10.9. The molecule has 6 heteroatoms. The van der Waals surface area contributed by atoms with Crippen LogP contribution in [-0.2, 0) is 12.8 Å². The van der Waals surface area contributed by atoms with E-state index in [0.29, 0.717) is 23.5 Å². The maximum absolute atomic E-state index is 10.8. The van der Waals surface area contributed by atoms with Gasteiger partial charge < -0.3 is 9.84 Å². The average Bonchev–Trinajstić information content (AvgIpc) is 3.13. The number of ether oxygens (including phenoxy) is 1. The Morgan fingerprint density at radius 1 is 0.868 bits per heavy atom. The topological polar surface area (TPSA) is 72.6 Å². The number of fused-ring (bicyclic) bond motifs is 3. The van der Waals surface area contributed by atoms with Gasteiger partial charge in [0.25, 0.3) is 0 Å². The second-order valence-corrected chi connectivity index (χ2v) is 10.2. The Morgan fingerprint density at radius 2 is 1.55 bits per heavy atom. The number of benzene rings is 3. The summed E-state index contributed by atoms with van der Waals surface area (Å²) in [5.74, 6) is 0.675. The summed E-state index contributed by atoms with van der Waals surface area (Å²) in [5.41, 5.74) is 6.88. The fourth-order valence-corrected chi connectivity index (χ4v) is 5.94. The first-order valence-electron chi connectivity index (χ1n) is 13.4. The maximum atomic E-state index is 10.8. The number of aliphatic hydroxyl groups excluding tert-OH is 1. The number of β-amino-alcohol motifs (C(OH)–C–C–N with tert-alkyl or cyclic N) is 1. The molecule has 1 atom stereocenters. The second-order valence-electron chi connectivity index (χ2n) is 10.2. The van der Waals surface area contributed by atoms with Crippen LogP contribution >= 0.6 is 0 Å². The number of aryl methyl sites for hydroxylation is 2. The van der Waals surface area contributed by atoms with Gasteiger partial charge in [0.15, 0.2) is 0 Å². The fourth-order valence-electron chi connectivity index (χ4n) is 5.94. The molecule has 0 saturated carbocycles. The lowest BCUT2D eigenvalue weighted by molar-refractivity contribution is 0.0403. The van der Waals surface area contributed by atoms with Crippen LogP contribution in [0, 0.1) is 11.3 Å². The van der Waals surface area contributed by atoms with Crippen LogP contribution in [-0.4, -0.2) is 65.3 Å². The third-order valence-corrected chi connectivity index (χ3v) is 7.84. The monoisotopic (exact) mass is 504 g/mol. The number of pyridine rings is 1. The molecule has 0 radical (unpaired) electrons. The molecule has 0 amide bonds. The molecule has 2 heterocycles. The highest BCUT2D eigenvalue weighted by Gasteiger charge is 2.31. The molecule has 1 aliphatic carbocycles. The van der Waals surface area contributed by atoms with E-state index in [4.69, 9.17) is 10.00 Å². The molecule has 1 aliphatic heterocycles. The first-order chi connectivity index (χ1) is 18.7. The van der Waals surface area contributed by atoms with E-state index < -0.39 is 6.10 Å². The van der Waals surface area contributed by atoms with E-state index in [1.54, 1.807) is 6.07 Å². The summed E-state index contributed by atoms with van der Waals surface area (Å²) in [4.78, 5) is 9.29. The molecule has 6 nitrogen and oxygen atoms in total. The Morgan fingerprint density at radius 3 is 2.24 bits per heavy atom. The van der Waals surface area contributed by atoms with Gasteiger partial charge in [0.1, 0.15) is 30.2 Å². The zero-order valence-electron chi connectivity index (χ0n) is 21.5. The van der Waals surface area contributed by atoms with E-state index in [1.807, 2.05) is 24.3 Å². The molecular formula is C32H32N4O2. The van der Waals surface area contributed by atoms with Crippen molar-refractivity contribution in [2.45, 2.75) is 25.0 Å². The van der Waals surface area contributed by atoms with Crippen LogP contribution in [0.15, 0.2) is 78.9 Å². The highest BCUT2D eigenvalue weighted by atomic mass is 16.5. The number of hydrogen-bond donors (Lipinski definition) is 1. The van der Waals surface area contributed by atoms with Gasteiger partial charge in [-0.3, -0.25) is 9.80 Å². The molecule has 1 saturated heterocycles. The summed E-state index contributed by atoms with van der Waals surface area (Å²) in [6.07, 6.45) is 1.58. The molecule has 3 aromatic carbocycles. The molecular weight excluding hydrogens is 472 g/mol. The first-order valence-corrected chi connectivity index (χ1v) is 13.4. The van der Waals surface area contributed by atoms with E-state index in [-0.39, 0.29) is 12.6 Å². The average molecular weight is 505 g/mol. The van der Waals surface area contributed by atoms with Crippen molar-refractivity contribution in [2.75, 3.05) is 39.3 Å². The molecule has 2 aliphatic rings. The Bertz CT molecular complexity index is 1420. The summed E-state index contributed by atoms with van der Waals surface area (Å²) in [6, 6.07) is 29.3. The Labute approximate surface area is 223 Å². The van der Waals surface area contributed by atoms with Crippen molar-refractivity contribution in [1.29, 1.82) is 5.26 Å². The molecule has 0 spiro atoms. The fraction of sp³-hybridized carbons (Fsp3) is 0.312. The molecule has 192 valence electrons. The SMILES string of the molecule is N#Cc1ccc2c(OCC(O)CN3CCN(C4c5ccccc5CCc5ccccc54)CC3)cccc2n1. The van der Waals surface area contributed by atoms with Crippen LogP contribution in [0.3, 0.4) is 0 Å². The minimum atomic E-state index is -0.595. The van der Waals surface area contributed by atoms with Crippen molar-refractivity contribution in [2.24, 2.45) is 0 Å². The number of nitriles is 1. The predicted octanol–water partition coefficient (Wildman–Crippen LogP) is 4.35. The Kier molecular flexibility index (Phi) is 7.06. The number of piperazine rings is 1. The molecule has 6 rings (SSSR count). The molecule has 4 aromatic rings. The standard InChI is InChI=1S/C32H32N4O2/c33-20-25-14-15-29-30(34-25)10-5-11-31(29)38-22-26(37)21-35-16-18-36(19-17-35)32-27-8-3-1-6-23(27)12-13-24-7-2-4-9-28(24)32/h1-11,14-15,26,32,37H,12-13,16-19,21-22H2. The predicted molar refractivity (Wildman–Crippen MR) is 148 cm³/mol. The van der Waals surface area contributed by atoms with E-state index in [9.17, 15) is 5.11 Å². The van der Waals surface area contributed by atoms with Gasteiger partial charge in [0.05, 0.1) is 11.6 Å². The number of rotatable bonds is 6. The van der Waals surface area contributed by atoms with Gasteiger partial charge in [-0.1, -0.05) is 54.6 Å². The van der Waals surface area contributed by atoms with E-state index in [1.165, 1.54) is 22.3 Å². The third-order valence-electron chi connectivity index (χ3n) is 7.84. The summed E-state index contributed by atoms with van der Waals surface area (Å²) in [7, 11) is 0. The number of aliphatic hydroxyl groups is 1. The van der Waals surface area contributed by atoms with E-state index >= 15 is 0 Å². The highest BCUT2D eigenvalue weighted by Crippen LogP contribution is 2.37. The van der Waals surface area contributed by atoms with Crippen molar-refractivity contribution in [3.8, 4) is 11.8 Å². The largest absolute Gasteiger partial charge is 0.490 e. The van der Waals surface area contributed by atoms with Crippen LogP contribution in [0.2, 0.25) is 0 Å². The van der Waals surface area contributed by atoms with Crippen LogP contribution in [0.4, 0.5) is 0 Å². The van der Waals surface area contributed by atoms with Gasteiger partial charge >= 0.3 is 0 Å². The quantitative estimate of drug-likeness (QED) is 0.421. The summed E-state index contributed by atoms with van der Waals surface area (Å²) < 4.78 is 5.99. The van der Waals surface area contributed by atoms with Crippen LogP contribution in [0.5, 0.6) is 5.75 Å². The number of aromatic nitrogens is 1. The van der Waals surface area contributed by atoms with E-state index in [2.05, 4.69) is 69.4 Å². The summed E-state index contributed by atoms with van der Waals surface area (Å²) in [6.45, 7) is 4.52. The smallest absolute Gasteiger partial charge is 0.141 e. The lowest BCUT2D eigenvalue weighted by atomic mass is 9.92. The lowest BCUT2D eigenvalue weighted by Crippen LogP contribution is -2.50. The first kappa shape index (κ1) is 24.6. The Hall–Kier alpha value is -3.76. The molecule has 1 N–H and O–H groups in total. The van der Waals surface area contributed by atoms with Crippen molar-refractivity contribution in [1.82, 2.24) is 14.8 Å². The van der Waals surface area contributed by atoms with Gasteiger partial charge in [-0.2, -0.15) is 5.26 Å². The Balaban J connectivity index is 1.09. The van der Waals surface area contributed by atoms with Crippen LogP contribution in [0.25, 0.3) is 10.9 Å². The minimum Gasteiger partial charge on any atom is -0.490 e. The normalized spacial score (nSPS) is 17.3. The maximum Gasteiger partial charge on any atom is 0.141 e. The zero-order chi connectivity index (χ0) is 25.9. The summed E-state index contributed by atoms with van der Waals surface area (Å²) >= 11 is 0. The molecule has 0 bridgehead atoms. The molecule has 1 fully saturated rings. The number of hydrogen-bond acceptors (Lipinski definition) is 6. The van der Waals surface area contributed by atoms with Gasteiger partial charge in [-0.05, 0) is 59.4 Å². The van der Waals surface area contributed by atoms with Crippen molar-refractivity contribution < 1.29 is 9.84 Å². The van der Waals surface area contributed by atoms with Gasteiger partial charge in [-0.25, -0.2) is 4.98 Å². The number of nitrogens with zero attached hydrogens (tertiary/aromatic N) is 4. The van der Waals surface area contributed by atoms with Crippen molar-refractivity contribution in [3.63, 3.8) is 0 Å². The van der Waals surface area contributed by atoms with Gasteiger partial charge in [0, 0.05) is 38.1 Å². The minimum absolute atomic E-state index is 0.211. The van der Waals surface area contributed by atoms with Gasteiger partial charge in [0.2, 0.25) is 0 Å². The summed E-state index contributed by atoms with van der Waals surface area (Å²) in [5, 5.41) is 20.7. The lowest BCUT2D eigenvalue weighted by Gasteiger charge is -2.40. The van der Waals surface area contributed by atoms with Crippen molar-refractivity contribution in [3.05, 3.63) is 107 Å². The molecule has 1 unspecified atom stereocenters. The molecule has 1 aromatic heterocycles. The van der Waals surface area contributed by atoms with Crippen LogP contribution in [0.1, 0.15) is 34.0 Å². The van der Waals surface area contributed by atoms with Crippen molar-refractivity contribution >= 4 is 10.9 Å². The van der Waals surface area contributed by atoms with E-state index in [0.717, 1.165) is 44.4 Å². The van der Waals surface area contributed by atoms with Crippen LogP contribution < -0.4 is 4.74 Å². The van der Waals surface area contributed by atoms with Gasteiger partial charge in [-0.15, -0.1) is 0 Å². The molecule has 38 heavy (non-hydrogen) atoms. The third kappa shape index (κ3) is 5.01.